The molecule has 1 N–H and O–H groups in total. The van der Waals surface area contributed by atoms with Crippen LogP contribution in [-0.4, -0.2) is 26.1 Å². The molecule has 0 spiro atoms. The van der Waals surface area contributed by atoms with Gasteiger partial charge in [-0.1, -0.05) is 48.2 Å². The van der Waals surface area contributed by atoms with Gasteiger partial charge in [0, 0.05) is 28.8 Å². The monoisotopic (exact) mass is 432 g/mol. The first-order chi connectivity index (χ1) is 15.0. The number of nitro benzene ring substituents is 1. The average molecular weight is 432 g/mol. The number of fused-ring (bicyclic) bond motifs is 1. The van der Waals surface area contributed by atoms with Crippen LogP contribution in [0.15, 0.2) is 88.7 Å². The zero-order valence-electron chi connectivity index (χ0n) is 16.1. The molecule has 0 atom stereocenters. The van der Waals surface area contributed by atoms with Crippen LogP contribution < -0.4 is 5.56 Å². The van der Waals surface area contributed by atoms with Crippen molar-refractivity contribution in [1.29, 1.82) is 0 Å². The topological polar surface area (TPSA) is 102 Å². The first kappa shape index (κ1) is 20.4. The Kier molecular flexibility index (Phi) is 5.55. The van der Waals surface area contributed by atoms with Gasteiger partial charge in [-0.2, -0.15) is 0 Å². The molecule has 31 heavy (non-hydrogen) atoms. The second-order valence-electron chi connectivity index (χ2n) is 6.69. The lowest BCUT2D eigenvalue weighted by Crippen LogP contribution is -2.21. The molecular formula is C23H16N2O5S. The average Bonchev–Trinajstić information content (AvgIpc) is 2.81. The van der Waals surface area contributed by atoms with Crippen molar-refractivity contribution in [2.75, 3.05) is 5.75 Å². The Morgan fingerprint density at radius 1 is 0.935 bits per heavy atom. The molecule has 0 saturated carbocycles. The third kappa shape index (κ3) is 3.93. The van der Waals surface area contributed by atoms with Gasteiger partial charge in [-0.05, 0) is 30.3 Å². The van der Waals surface area contributed by atoms with E-state index in [1.165, 1.54) is 28.8 Å². The number of rotatable bonds is 6. The Morgan fingerprint density at radius 2 is 1.55 bits per heavy atom. The molecule has 0 bridgehead atoms. The summed E-state index contributed by atoms with van der Waals surface area (Å²) in [6.45, 7) is 0. The molecule has 0 amide bonds. The number of ketones is 1. The number of hydrogen-bond acceptors (Lipinski definition) is 6. The lowest BCUT2D eigenvalue weighted by atomic mass is 10.1. The van der Waals surface area contributed by atoms with Gasteiger partial charge >= 0.3 is 0 Å². The van der Waals surface area contributed by atoms with Crippen LogP contribution in [-0.2, 0) is 0 Å². The van der Waals surface area contributed by atoms with Crippen LogP contribution in [0, 0.1) is 10.1 Å². The normalized spacial score (nSPS) is 10.8. The summed E-state index contributed by atoms with van der Waals surface area (Å²) in [6.07, 6.45) is 0. The van der Waals surface area contributed by atoms with E-state index in [4.69, 9.17) is 0 Å². The van der Waals surface area contributed by atoms with Crippen molar-refractivity contribution < 1.29 is 14.8 Å². The van der Waals surface area contributed by atoms with Gasteiger partial charge in [0.2, 0.25) is 0 Å². The van der Waals surface area contributed by atoms with E-state index in [0.717, 1.165) is 11.8 Å². The van der Waals surface area contributed by atoms with Crippen LogP contribution in [0.25, 0.3) is 16.5 Å². The molecular weight excluding hydrogens is 416 g/mol. The van der Waals surface area contributed by atoms with Gasteiger partial charge in [-0.15, -0.1) is 0 Å². The molecule has 0 aliphatic carbocycles. The Bertz CT molecular complexity index is 1350. The quantitative estimate of drug-likeness (QED) is 0.207. The van der Waals surface area contributed by atoms with E-state index >= 15 is 0 Å². The minimum atomic E-state index is -0.533. The van der Waals surface area contributed by atoms with Crippen LogP contribution in [0.2, 0.25) is 0 Å². The van der Waals surface area contributed by atoms with Gasteiger partial charge in [0.15, 0.2) is 11.5 Å². The zero-order valence-corrected chi connectivity index (χ0v) is 16.9. The van der Waals surface area contributed by atoms with E-state index < -0.39 is 4.92 Å². The standard InChI is InChI=1S/C23H16N2O5S/c26-20(15-10-12-17(13-11-15)25(29)30)14-31-23-21(27)18-8-4-5-9-19(18)22(28)24(23)16-6-2-1-3-7-16/h1-13,27H,14H2. The molecule has 0 saturated heterocycles. The predicted molar refractivity (Wildman–Crippen MR) is 119 cm³/mol. The van der Waals surface area contributed by atoms with Gasteiger partial charge in [0.1, 0.15) is 5.03 Å². The number of Topliss-reactive ketones (excluding diaryl/α,β-unsaturated/α-hetero) is 1. The summed E-state index contributed by atoms with van der Waals surface area (Å²) in [7, 11) is 0. The molecule has 4 aromatic rings. The van der Waals surface area contributed by atoms with Crippen LogP contribution in [0.3, 0.4) is 0 Å². The zero-order chi connectivity index (χ0) is 22.0. The third-order valence-corrected chi connectivity index (χ3v) is 5.83. The van der Waals surface area contributed by atoms with Crippen molar-refractivity contribution in [2.24, 2.45) is 0 Å². The second kappa shape index (κ2) is 8.45. The number of non-ortho nitro benzene ring substituents is 1. The summed E-state index contributed by atoms with van der Waals surface area (Å²) in [5.74, 6) is -0.421. The lowest BCUT2D eigenvalue weighted by Gasteiger charge is -2.16. The van der Waals surface area contributed by atoms with Gasteiger partial charge < -0.3 is 5.11 Å². The predicted octanol–water partition coefficient (Wildman–Crippen LogP) is 4.58. The maximum Gasteiger partial charge on any atom is 0.269 e. The summed E-state index contributed by atoms with van der Waals surface area (Å²) >= 11 is 1.04. The van der Waals surface area contributed by atoms with E-state index in [9.17, 15) is 24.8 Å². The number of aromatic nitrogens is 1. The van der Waals surface area contributed by atoms with Gasteiger partial charge in [-0.25, -0.2) is 0 Å². The number of thioether (sulfide) groups is 1. The van der Waals surface area contributed by atoms with E-state index in [-0.39, 0.29) is 33.6 Å². The number of nitro groups is 1. The summed E-state index contributed by atoms with van der Waals surface area (Å²) in [6, 6.07) is 21.0. The molecule has 154 valence electrons. The van der Waals surface area contributed by atoms with Crippen molar-refractivity contribution in [3.05, 3.63) is 105 Å². The third-order valence-electron chi connectivity index (χ3n) is 4.78. The van der Waals surface area contributed by atoms with Crippen molar-refractivity contribution in [1.82, 2.24) is 4.57 Å². The van der Waals surface area contributed by atoms with Crippen molar-refractivity contribution in [2.45, 2.75) is 5.03 Å². The van der Waals surface area contributed by atoms with Crippen LogP contribution >= 0.6 is 11.8 Å². The number of pyridine rings is 1. The molecule has 3 aromatic carbocycles. The van der Waals surface area contributed by atoms with Gasteiger partial charge in [0.05, 0.1) is 16.1 Å². The maximum absolute atomic E-state index is 13.2. The number of para-hydroxylation sites is 1. The SMILES string of the molecule is O=C(CSc1c(O)c2ccccc2c(=O)n1-c1ccccc1)c1ccc([N+](=O)[O-])cc1. The summed E-state index contributed by atoms with van der Waals surface area (Å²) in [5, 5.41) is 22.8. The molecule has 1 heterocycles. The summed E-state index contributed by atoms with van der Waals surface area (Å²) in [5.41, 5.74) is 0.477. The van der Waals surface area contributed by atoms with Gasteiger partial charge in [-0.3, -0.25) is 24.3 Å². The van der Waals surface area contributed by atoms with Crippen molar-refractivity contribution in [3.8, 4) is 11.4 Å². The number of nitrogens with zero attached hydrogens (tertiary/aromatic N) is 2. The van der Waals surface area contributed by atoms with Crippen LogP contribution in [0.4, 0.5) is 5.69 Å². The molecule has 0 aliphatic rings. The molecule has 0 radical (unpaired) electrons. The van der Waals surface area contributed by atoms with E-state index in [2.05, 4.69) is 0 Å². The minimum Gasteiger partial charge on any atom is -0.505 e. The van der Waals surface area contributed by atoms with Gasteiger partial charge in [0.25, 0.3) is 11.2 Å². The Morgan fingerprint density at radius 3 is 2.19 bits per heavy atom. The maximum atomic E-state index is 13.2. The van der Waals surface area contributed by atoms with E-state index in [1.807, 2.05) is 6.07 Å². The van der Waals surface area contributed by atoms with E-state index in [1.54, 1.807) is 48.5 Å². The molecule has 1 aromatic heterocycles. The fourth-order valence-corrected chi connectivity index (χ4v) is 4.24. The number of aromatic hydroxyl groups is 1. The number of carbonyl (C=O) groups is 1. The fourth-order valence-electron chi connectivity index (χ4n) is 3.24. The number of benzene rings is 3. The van der Waals surface area contributed by atoms with E-state index in [0.29, 0.717) is 22.0 Å². The fraction of sp³-hybridized carbons (Fsp3) is 0.0435. The van der Waals surface area contributed by atoms with Crippen LogP contribution in [0.5, 0.6) is 5.75 Å². The van der Waals surface area contributed by atoms with Crippen LogP contribution in [0.1, 0.15) is 10.4 Å². The first-order valence-electron chi connectivity index (χ1n) is 9.30. The van der Waals surface area contributed by atoms with Crippen molar-refractivity contribution in [3.63, 3.8) is 0 Å². The minimum absolute atomic E-state index is 0.0595. The first-order valence-corrected chi connectivity index (χ1v) is 10.3. The highest BCUT2D eigenvalue weighted by Crippen LogP contribution is 2.35. The molecule has 4 rings (SSSR count). The smallest absolute Gasteiger partial charge is 0.269 e. The number of carbonyl (C=O) groups excluding carboxylic acids is 1. The number of hydrogen-bond donors (Lipinski definition) is 1. The molecule has 8 heteroatoms. The second-order valence-corrected chi connectivity index (χ2v) is 7.66. The van der Waals surface area contributed by atoms with Crippen molar-refractivity contribution >= 4 is 34.0 Å². The largest absolute Gasteiger partial charge is 0.505 e. The Hall–Kier alpha value is -3.91. The highest BCUT2D eigenvalue weighted by Gasteiger charge is 2.19. The Labute approximate surface area is 180 Å². The summed E-state index contributed by atoms with van der Waals surface area (Å²) in [4.78, 5) is 36.1. The molecule has 7 nitrogen and oxygen atoms in total. The highest BCUT2D eigenvalue weighted by atomic mass is 32.2. The lowest BCUT2D eigenvalue weighted by molar-refractivity contribution is -0.384. The molecule has 0 unspecified atom stereocenters. The summed E-state index contributed by atoms with van der Waals surface area (Å²) < 4.78 is 1.39. The highest BCUT2D eigenvalue weighted by molar-refractivity contribution is 8.00. The molecule has 0 fully saturated rings. The Balaban J connectivity index is 1.74. The molecule has 0 aliphatic heterocycles.